The number of hydrogen-bond acceptors (Lipinski definition) is 3. The Morgan fingerprint density at radius 3 is 2.47 bits per heavy atom. The molecule has 0 radical (unpaired) electrons. The van der Waals surface area contributed by atoms with E-state index in [1.54, 1.807) is 19.2 Å². The lowest BCUT2D eigenvalue weighted by molar-refractivity contribution is 0.176. The second kappa shape index (κ2) is 6.68. The van der Waals surface area contributed by atoms with Crippen LogP contribution in [0.1, 0.15) is 44.1 Å². The van der Waals surface area contributed by atoms with Crippen molar-refractivity contribution in [2.24, 2.45) is 0 Å². The number of hydrogen-bond donors (Lipinski definition) is 0. The second-order valence-corrected chi connectivity index (χ2v) is 5.24. The zero-order valence-electron chi connectivity index (χ0n) is 11.1. The summed E-state index contributed by atoms with van der Waals surface area (Å²) in [4.78, 5) is 0. The third-order valence-corrected chi connectivity index (χ3v) is 3.73. The van der Waals surface area contributed by atoms with Crippen LogP contribution in [0, 0.1) is 11.3 Å². The summed E-state index contributed by atoms with van der Waals surface area (Å²) in [6.45, 7) is 0. The minimum absolute atomic E-state index is 0.196. The summed E-state index contributed by atoms with van der Waals surface area (Å²) in [5.41, 5.74) is 0.482. The van der Waals surface area contributed by atoms with Crippen LogP contribution < -0.4 is 9.47 Å². The Kier molecular flexibility index (Phi) is 4.93. The molecule has 1 saturated carbocycles. The largest absolute Gasteiger partial charge is 0.493 e. The molecule has 1 aromatic carbocycles. The molecule has 0 spiro atoms. The number of methoxy groups -OCH3 is 1. The van der Waals surface area contributed by atoms with Crippen molar-refractivity contribution in [1.82, 2.24) is 0 Å². The van der Waals surface area contributed by atoms with E-state index in [1.807, 2.05) is 0 Å². The fourth-order valence-corrected chi connectivity index (χ4v) is 2.68. The van der Waals surface area contributed by atoms with Gasteiger partial charge >= 0.3 is 0 Å². The van der Waals surface area contributed by atoms with Crippen molar-refractivity contribution in [2.75, 3.05) is 7.11 Å². The zero-order valence-corrected chi connectivity index (χ0v) is 11.9. The third-order valence-electron chi connectivity index (χ3n) is 3.45. The first kappa shape index (κ1) is 14.0. The fourth-order valence-electron chi connectivity index (χ4n) is 2.43. The molecule has 1 fully saturated rings. The highest BCUT2D eigenvalue weighted by Gasteiger charge is 2.19. The van der Waals surface area contributed by atoms with Crippen LogP contribution in [0.4, 0.5) is 0 Å². The minimum Gasteiger partial charge on any atom is -0.493 e. The van der Waals surface area contributed by atoms with Gasteiger partial charge in [0, 0.05) is 6.07 Å². The number of halogens is 1. The molecule has 1 aliphatic rings. The van der Waals surface area contributed by atoms with Gasteiger partial charge < -0.3 is 9.47 Å². The molecule has 0 atom stereocenters. The molecular formula is C15H18ClNO2. The first-order chi connectivity index (χ1) is 9.24. The molecule has 1 aliphatic carbocycles. The molecule has 0 aliphatic heterocycles. The lowest BCUT2D eigenvalue weighted by atomic mass is 10.1. The van der Waals surface area contributed by atoms with Crippen molar-refractivity contribution in [1.29, 1.82) is 5.26 Å². The van der Waals surface area contributed by atoms with Gasteiger partial charge in [-0.25, -0.2) is 0 Å². The highest BCUT2D eigenvalue weighted by Crippen LogP contribution is 2.38. The van der Waals surface area contributed by atoms with Crippen LogP contribution in [0.5, 0.6) is 11.5 Å². The molecule has 0 aromatic heterocycles. The Hall–Kier alpha value is -1.40. The molecule has 0 amide bonds. The maximum Gasteiger partial charge on any atom is 0.180 e. The smallest absolute Gasteiger partial charge is 0.180 e. The monoisotopic (exact) mass is 279 g/mol. The summed E-state index contributed by atoms with van der Waals surface area (Å²) >= 11 is 6.20. The number of nitrogens with zero attached hydrogens (tertiary/aromatic N) is 1. The van der Waals surface area contributed by atoms with Gasteiger partial charge in [0.1, 0.15) is 0 Å². The summed E-state index contributed by atoms with van der Waals surface area (Å²) in [7, 11) is 1.56. The van der Waals surface area contributed by atoms with Gasteiger partial charge in [0.2, 0.25) is 0 Å². The van der Waals surface area contributed by atoms with Gasteiger partial charge in [0.15, 0.2) is 11.5 Å². The van der Waals surface area contributed by atoms with Crippen molar-refractivity contribution in [3.05, 3.63) is 22.7 Å². The van der Waals surface area contributed by atoms with Gasteiger partial charge in [-0.2, -0.15) is 5.26 Å². The summed E-state index contributed by atoms with van der Waals surface area (Å²) in [5.74, 6) is 1.10. The highest BCUT2D eigenvalue weighted by molar-refractivity contribution is 6.32. The van der Waals surface area contributed by atoms with Crippen LogP contribution in [-0.2, 0) is 0 Å². The lowest BCUT2D eigenvalue weighted by Gasteiger charge is -2.20. The average molecular weight is 280 g/mol. The predicted molar refractivity (Wildman–Crippen MR) is 74.8 cm³/mol. The van der Waals surface area contributed by atoms with E-state index in [0.29, 0.717) is 22.1 Å². The van der Waals surface area contributed by atoms with E-state index < -0.39 is 0 Å². The molecule has 1 aromatic rings. The molecule has 0 saturated heterocycles. The van der Waals surface area contributed by atoms with E-state index in [0.717, 1.165) is 12.8 Å². The second-order valence-electron chi connectivity index (χ2n) is 4.83. The minimum atomic E-state index is 0.196. The summed E-state index contributed by atoms with van der Waals surface area (Å²) in [6, 6.07) is 5.35. The number of benzene rings is 1. The van der Waals surface area contributed by atoms with Gasteiger partial charge in [-0.15, -0.1) is 0 Å². The maximum absolute atomic E-state index is 8.93. The molecule has 2 rings (SSSR count). The van der Waals surface area contributed by atoms with E-state index in [-0.39, 0.29) is 6.10 Å². The summed E-state index contributed by atoms with van der Waals surface area (Å²) in [6.07, 6.45) is 7.25. The molecule has 102 valence electrons. The van der Waals surface area contributed by atoms with Crippen LogP contribution in [0.2, 0.25) is 5.02 Å². The molecule has 4 heteroatoms. The van der Waals surface area contributed by atoms with Crippen LogP contribution in [0.25, 0.3) is 0 Å². The van der Waals surface area contributed by atoms with E-state index >= 15 is 0 Å². The van der Waals surface area contributed by atoms with Gasteiger partial charge in [-0.3, -0.25) is 0 Å². The van der Waals surface area contributed by atoms with Crippen LogP contribution in [-0.4, -0.2) is 13.2 Å². The van der Waals surface area contributed by atoms with Crippen LogP contribution in [0.3, 0.4) is 0 Å². The molecule has 3 nitrogen and oxygen atoms in total. The Bertz CT molecular complexity index is 474. The molecule has 0 N–H and O–H groups in total. The van der Waals surface area contributed by atoms with E-state index in [2.05, 4.69) is 6.07 Å². The summed E-state index contributed by atoms with van der Waals surface area (Å²) < 4.78 is 11.3. The Morgan fingerprint density at radius 2 is 1.89 bits per heavy atom. The highest BCUT2D eigenvalue weighted by atomic mass is 35.5. The Morgan fingerprint density at radius 1 is 1.21 bits per heavy atom. The van der Waals surface area contributed by atoms with Crippen LogP contribution >= 0.6 is 11.6 Å². The number of nitriles is 1. The zero-order chi connectivity index (χ0) is 13.7. The molecular weight excluding hydrogens is 262 g/mol. The number of ether oxygens (including phenoxy) is 2. The van der Waals surface area contributed by atoms with Crippen molar-refractivity contribution in [3.63, 3.8) is 0 Å². The standard InChI is InChI=1S/C15H18ClNO2/c1-18-14-9-11(10-17)8-13(16)15(14)19-12-6-4-2-3-5-7-12/h8-9,12H,2-7H2,1H3. The first-order valence-corrected chi connectivity index (χ1v) is 7.06. The Balaban J connectivity index is 2.21. The van der Waals surface area contributed by atoms with Gasteiger partial charge in [-0.1, -0.05) is 24.4 Å². The van der Waals surface area contributed by atoms with Gasteiger partial charge in [0.25, 0.3) is 0 Å². The van der Waals surface area contributed by atoms with Crippen molar-refractivity contribution in [3.8, 4) is 17.6 Å². The molecule has 0 unspecified atom stereocenters. The van der Waals surface area contributed by atoms with Gasteiger partial charge in [-0.05, 0) is 31.7 Å². The first-order valence-electron chi connectivity index (χ1n) is 6.69. The SMILES string of the molecule is COc1cc(C#N)cc(Cl)c1OC1CCCCCC1. The lowest BCUT2D eigenvalue weighted by Crippen LogP contribution is -2.15. The van der Waals surface area contributed by atoms with Crippen molar-refractivity contribution >= 4 is 11.6 Å². The van der Waals surface area contributed by atoms with Crippen LogP contribution in [0.15, 0.2) is 12.1 Å². The van der Waals surface area contributed by atoms with E-state index in [1.165, 1.54) is 25.7 Å². The topological polar surface area (TPSA) is 42.2 Å². The average Bonchev–Trinajstić information content (AvgIpc) is 2.69. The fraction of sp³-hybridized carbons (Fsp3) is 0.533. The summed E-state index contributed by atoms with van der Waals surface area (Å²) in [5, 5.41) is 9.37. The van der Waals surface area contributed by atoms with Crippen molar-refractivity contribution < 1.29 is 9.47 Å². The van der Waals surface area contributed by atoms with E-state index in [9.17, 15) is 0 Å². The molecule has 0 heterocycles. The van der Waals surface area contributed by atoms with Gasteiger partial charge in [0.05, 0.1) is 29.9 Å². The molecule has 19 heavy (non-hydrogen) atoms. The number of rotatable bonds is 3. The normalized spacial score (nSPS) is 16.5. The Labute approximate surface area is 119 Å². The third kappa shape index (κ3) is 3.54. The molecule has 0 bridgehead atoms. The van der Waals surface area contributed by atoms with E-state index in [4.69, 9.17) is 26.3 Å². The predicted octanol–water partition coefficient (Wildman–Crippen LogP) is 4.32. The van der Waals surface area contributed by atoms with Crippen molar-refractivity contribution in [2.45, 2.75) is 44.6 Å². The maximum atomic E-state index is 8.93. The quantitative estimate of drug-likeness (QED) is 0.774.